The normalized spacial score (nSPS) is 14.5. The number of hydrogen-bond acceptors (Lipinski definition) is 4. The van der Waals surface area contributed by atoms with Crippen LogP contribution < -0.4 is 10.6 Å². The van der Waals surface area contributed by atoms with E-state index in [1.807, 2.05) is 97.1 Å². The van der Waals surface area contributed by atoms with Crippen molar-refractivity contribution in [3.8, 4) is 0 Å². The fraction of sp³-hybridized carbons (Fsp3) is 0.161. The predicted molar refractivity (Wildman–Crippen MR) is 144 cm³/mol. The summed E-state index contributed by atoms with van der Waals surface area (Å²) in [7, 11) is 1.63. The number of nitrogens with zero attached hydrogens (tertiary/aromatic N) is 1. The number of methoxy groups -OCH3 is 1. The molecular weight excluding hydrogens is 462 g/mol. The van der Waals surface area contributed by atoms with Gasteiger partial charge in [0.15, 0.2) is 0 Å². The van der Waals surface area contributed by atoms with E-state index >= 15 is 0 Å². The number of carbonyl (C=O) groups excluding carboxylic acids is 2. The van der Waals surface area contributed by atoms with Gasteiger partial charge >= 0.3 is 0 Å². The third-order valence-corrected chi connectivity index (χ3v) is 6.59. The third kappa shape index (κ3) is 5.25. The average Bonchev–Trinajstić information content (AvgIpc) is 3.22. The number of nitrogens with one attached hydrogen (secondary N) is 2. The molecule has 0 radical (unpaired) electrons. The summed E-state index contributed by atoms with van der Waals surface area (Å²) < 4.78 is 5.22. The standard InChI is InChI=1S/C31H29N3O3/c1-37-21-20-34-29(26-14-8-9-15-27(26)31(34)36)32-25-18-16-24(17-19-25)30(35)33-28(22-10-4-2-5-11-22)23-12-6-3-7-13-23/h2-19,28-29,32H,20-21H2,1H3,(H,33,35)/t29-/m1/s1. The van der Waals surface area contributed by atoms with Crippen molar-refractivity contribution in [2.45, 2.75) is 12.2 Å². The Labute approximate surface area is 216 Å². The van der Waals surface area contributed by atoms with Crippen LogP contribution in [0.1, 0.15) is 49.6 Å². The number of ether oxygens (including phenoxy) is 1. The molecule has 37 heavy (non-hydrogen) atoms. The number of amides is 2. The fourth-order valence-corrected chi connectivity index (χ4v) is 4.69. The maximum Gasteiger partial charge on any atom is 0.256 e. The molecule has 0 aliphatic carbocycles. The minimum Gasteiger partial charge on any atom is -0.383 e. The van der Waals surface area contributed by atoms with E-state index < -0.39 is 0 Å². The Morgan fingerprint density at radius 2 is 1.43 bits per heavy atom. The molecule has 4 aromatic rings. The lowest BCUT2D eigenvalue weighted by molar-refractivity contribution is 0.0674. The van der Waals surface area contributed by atoms with Crippen LogP contribution in [-0.2, 0) is 4.74 Å². The van der Waals surface area contributed by atoms with Crippen LogP contribution in [0.25, 0.3) is 0 Å². The van der Waals surface area contributed by atoms with E-state index in [9.17, 15) is 9.59 Å². The SMILES string of the molecule is COCCN1C(=O)c2ccccc2[C@@H]1Nc1ccc(C(=O)NC(c2ccccc2)c2ccccc2)cc1. The molecule has 0 saturated carbocycles. The molecule has 1 aliphatic rings. The number of fused-ring (bicyclic) bond motifs is 1. The van der Waals surface area contributed by atoms with Gasteiger partial charge in [-0.25, -0.2) is 0 Å². The lowest BCUT2D eigenvalue weighted by Gasteiger charge is -2.27. The number of rotatable bonds is 9. The molecule has 186 valence electrons. The van der Waals surface area contributed by atoms with Crippen LogP contribution in [-0.4, -0.2) is 37.0 Å². The summed E-state index contributed by atoms with van der Waals surface area (Å²) >= 11 is 0. The van der Waals surface area contributed by atoms with Crippen molar-refractivity contribution in [1.82, 2.24) is 10.2 Å². The molecule has 1 atom stereocenters. The van der Waals surface area contributed by atoms with Crippen molar-refractivity contribution in [1.29, 1.82) is 0 Å². The highest BCUT2D eigenvalue weighted by Gasteiger charge is 2.36. The monoisotopic (exact) mass is 491 g/mol. The summed E-state index contributed by atoms with van der Waals surface area (Å²) in [6, 6.07) is 34.6. The van der Waals surface area contributed by atoms with Gasteiger partial charge in [0.1, 0.15) is 6.17 Å². The number of benzene rings is 4. The van der Waals surface area contributed by atoms with Crippen molar-refractivity contribution in [2.75, 3.05) is 25.6 Å². The molecule has 6 heteroatoms. The Hall–Kier alpha value is -4.42. The first kappa shape index (κ1) is 24.3. The summed E-state index contributed by atoms with van der Waals surface area (Å²) in [5, 5.41) is 6.64. The quantitative estimate of drug-likeness (QED) is 0.328. The van der Waals surface area contributed by atoms with E-state index in [4.69, 9.17) is 4.74 Å². The van der Waals surface area contributed by atoms with E-state index in [0.717, 1.165) is 22.4 Å². The first-order valence-electron chi connectivity index (χ1n) is 12.3. The minimum atomic E-state index is -0.306. The second kappa shape index (κ2) is 11.1. The molecule has 0 unspecified atom stereocenters. The van der Waals surface area contributed by atoms with Gasteiger partial charge in [0, 0.05) is 36.0 Å². The molecule has 6 nitrogen and oxygen atoms in total. The van der Waals surface area contributed by atoms with Gasteiger partial charge in [-0.1, -0.05) is 78.9 Å². The molecule has 0 bridgehead atoms. The second-order valence-corrected chi connectivity index (χ2v) is 8.93. The van der Waals surface area contributed by atoms with Crippen LogP contribution in [0.4, 0.5) is 5.69 Å². The van der Waals surface area contributed by atoms with Gasteiger partial charge in [-0.2, -0.15) is 0 Å². The zero-order chi connectivity index (χ0) is 25.6. The highest BCUT2D eigenvalue weighted by molar-refractivity contribution is 5.99. The fourth-order valence-electron chi connectivity index (χ4n) is 4.69. The smallest absolute Gasteiger partial charge is 0.256 e. The first-order chi connectivity index (χ1) is 18.2. The minimum absolute atomic E-state index is 0.0194. The Bertz CT molecular complexity index is 1320. The Balaban J connectivity index is 1.33. The van der Waals surface area contributed by atoms with Crippen LogP contribution in [0.15, 0.2) is 109 Å². The average molecular weight is 492 g/mol. The first-order valence-corrected chi connectivity index (χ1v) is 12.3. The van der Waals surface area contributed by atoms with Gasteiger partial charge in [0.2, 0.25) is 0 Å². The molecule has 5 rings (SSSR count). The van der Waals surface area contributed by atoms with Gasteiger partial charge in [0.25, 0.3) is 11.8 Å². The maximum absolute atomic E-state index is 13.2. The highest BCUT2D eigenvalue weighted by atomic mass is 16.5. The van der Waals surface area contributed by atoms with Gasteiger partial charge < -0.3 is 20.3 Å². The zero-order valence-electron chi connectivity index (χ0n) is 20.6. The summed E-state index contributed by atoms with van der Waals surface area (Å²) in [5.74, 6) is -0.179. The summed E-state index contributed by atoms with van der Waals surface area (Å²) in [5.41, 5.74) is 5.03. The van der Waals surface area contributed by atoms with E-state index in [-0.39, 0.29) is 24.0 Å². The molecule has 4 aromatic carbocycles. The van der Waals surface area contributed by atoms with Crippen LogP contribution in [0.2, 0.25) is 0 Å². The lowest BCUT2D eigenvalue weighted by Crippen LogP contribution is -2.35. The number of carbonyl (C=O) groups is 2. The lowest BCUT2D eigenvalue weighted by atomic mass is 9.98. The van der Waals surface area contributed by atoms with E-state index in [1.165, 1.54) is 0 Å². The highest BCUT2D eigenvalue weighted by Crippen LogP contribution is 2.34. The molecule has 2 N–H and O–H groups in total. The Kier molecular flexibility index (Phi) is 7.28. The van der Waals surface area contributed by atoms with Crippen LogP contribution in [0, 0.1) is 0 Å². The molecule has 0 aromatic heterocycles. The summed E-state index contributed by atoms with van der Waals surface area (Å²) in [6.45, 7) is 0.920. The third-order valence-electron chi connectivity index (χ3n) is 6.59. The van der Waals surface area contributed by atoms with Crippen molar-refractivity contribution >= 4 is 17.5 Å². The van der Waals surface area contributed by atoms with Crippen molar-refractivity contribution in [2.24, 2.45) is 0 Å². The van der Waals surface area contributed by atoms with Gasteiger partial charge in [-0.05, 0) is 41.5 Å². The molecular formula is C31H29N3O3. The molecule has 2 amide bonds. The Morgan fingerprint density at radius 1 is 0.838 bits per heavy atom. The van der Waals surface area contributed by atoms with Crippen LogP contribution >= 0.6 is 0 Å². The van der Waals surface area contributed by atoms with E-state index in [2.05, 4.69) is 10.6 Å². The molecule has 1 heterocycles. The van der Waals surface area contributed by atoms with Gasteiger partial charge in [-0.3, -0.25) is 9.59 Å². The second-order valence-electron chi connectivity index (χ2n) is 8.93. The van der Waals surface area contributed by atoms with Crippen molar-refractivity contribution in [3.05, 3.63) is 137 Å². The van der Waals surface area contributed by atoms with Crippen LogP contribution in [0.5, 0.6) is 0 Å². The van der Waals surface area contributed by atoms with Crippen molar-refractivity contribution in [3.63, 3.8) is 0 Å². The van der Waals surface area contributed by atoms with Crippen LogP contribution in [0.3, 0.4) is 0 Å². The van der Waals surface area contributed by atoms with Gasteiger partial charge in [-0.15, -0.1) is 0 Å². The molecule has 0 fully saturated rings. The molecule has 0 spiro atoms. The largest absolute Gasteiger partial charge is 0.383 e. The zero-order valence-corrected chi connectivity index (χ0v) is 20.6. The van der Waals surface area contributed by atoms with E-state index in [0.29, 0.717) is 24.3 Å². The number of hydrogen-bond donors (Lipinski definition) is 2. The van der Waals surface area contributed by atoms with E-state index in [1.54, 1.807) is 24.1 Å². The molecule has 1 aliphatic heterocycles. The Morgan fingerprint density at radius 3 is 2.05 bits per heavy atom. The summed E-state index contributed by atoms with van der Waals surface area (Å²) in [4.78, 5) is 28.0. The van der Waals surface area contributed by atoms with Crippen molar-refractivity contribution < 1.29 is 14.3 Å². The number of anilines is 1. The molecule has 0 saturated heterocycles. The summed E-state index contributed by atoms with van der Waals surface area (Å²) in [6.07, 6.45) is -0.306. The maximum atomic E-state index is 13.2. The predicted octanol–water partition coefficient (Wildman–Crippen LogP) is 5.42. The topological polar surface area (TPSA) is 70.7 Å². The van der Waals surface area contributed by atoms with Gasteiger partial charge in [0.05, 0.1) is 12.6 Å².